The topological polar surface area (TPSA) is 24.1 Å². The molecule has 0 bridgehead atoms. The molecule has 1 rings (SSSR count). The highest BCUT2D eigenvalue weighted by Crippen LogP contribution is 2.09. The Kier molecular flexibility index (Phi) is 3.63. The van der Waals surface area contributed by atoms with E-state index in [1.165, 1.54) is 12.2 Å². The summed E-state index contributed by atoms with van der Waals surface area (Å²) in [5.74, 6) is -0.290. The van der Waals surface area contributed by atoms with E-state index in [9.17, 15) is 4.39 Å². The van der Waals surface area contributed by atoms with E-state index in [4.69, 9.17) is 12.2 Å². The summed E-state index contributed by atoms with van der Waals surface area (Å²) >= 11 is 5.21. The van der Waals surface area contributed by atoms with Crippen LogP contribution in [-0.4, -0.2) is 10.5 Å². The van der Waals surface area contributed by atoms with Gasteiger partial charge in [0.05, 0.1) is 5.54 Å². The summed E-state index contributed by atoms with van der Waals surface area (Å²) in [6.07, 6.45) is 6.09. The van der Waals surface area contributed by atoms with E-state index in [1.54, 1.807) is 12.4 Å². The number of rotatable bonds is 0. The van der Waals surface area contributed by atoms with Gasteiger partial charge in [0.1, 0.15) is 10.8 Å². The van der Waals surface area contributed by atoms with Gasteiger partial charge in [0.2, 0.25) is 0 Å². The first-order valence-corrected chi connectivity index (χ1v) is 5.12. The van der Waals surface area contributed by atoms with Crippen molar-refractivity contribution in [2.75, 3.05) is 0 Å². The highest BCUT2D eigenvalue weighted by atomic mass is 32.1. The van der Waals surface area contributed by atoms with Crippen LogP contribution in [0.15, 0.2) is 36.0 Å². The van der Waals surface area contributed by atoms with Gasteiger partial charge in [0, 0.05) is 12.4 Å². The Morgan fingerprint density at radius 2 is 2.07 bits per heavy atom. The van der Waals surface area contributed by atoms with Gasteiger partial charge < -0.3 is 10.6 Å². The lowest BCUT2D eigenvalue weighted by molar-refractivity contribution is 0.583. The largest absolute Gasteiger partial charge is 0.380 e. The first kappa shape index (κ1) is 11.9. The van der Waals surface area contributed by atoms with E-state index in [0.717, 1.165) is 5.57 Å². The molecule has 15 heavy (non-hydrogen) atoms. The number of halogens is 1. The highest BCUT2D eigenvalue weighted by Gasteiger charge is 2.21. The van der Waals surface area contributed by atoms with Gasteiger partial charge in [-0.15, -0.1) is 0 Å². The van der Waals surface area contributed by atoms with E-state index >= 15 is 0 Å². The standard InChI is InChI=1S/C11H15FN2S/c1-8-6-9(12)4-5-14-11(2,3)10(15)13-7-8/h4-7,14H,1-3H3,(H,13,15)/b5-4+,8-7+,9-6+. The Balaban J connectivity index is 3.00. The average Bonchev–Trinajstić information content (AvgIpc) is 2.12. The molecule has 0 radical (unpaired) electrons. The normalized spacial score (nSPS) is 30.0. The molecule has 1 aliphatic rings. The number of allylic oxidation sites excluding steroid dienone is 4. The van der Waals surface area contributed by atoms with E-state index < -0.39 is 0 Å². The SMILES string of the molecule is CC1=C\NC(=S)C(C)(C)N/C=C/C(F)=C\1. The summed E-state index contributed by atoms with van der Waals surface area (Å²) < 4.78 is 13.2. The molecule has 0 amide bonds. The maximum atomic E-state index is 13.2. The molecular formula is C11H15FN2S. The Hall–Kier alpha value is -1.16. The molecule has 2 nitrogen and oxygen atoms in total. The van der Waals surface area contributed by atoms with Crippen molar-refractivity contribution in [2.24, 2.45) is 0 Å². The zero-order valence-electron chi connectivity index (χ0n) is 9.10. The van der Waals surface area contributed by atoms with Crippen LogP contribution >= 0.6 is 12.2 Å². The van der Waals surface area contributed by atoms with Crippen molar-refractivity contribution in [3.8, 4) is 0 Å². The second-order valence-corrected chi connectivity index (χ2v) is 4.40. The van der Waals surface area contributed by atoms with Crippen LogP contribution in [0.25, 0.3) is 0 Å². The van der Waals surface area contributed by atoms with E-state index in [-0.39, 0.29) is 11.4 Å². The van der Waals surface area contributed by atoms with Gasteiger partial charge in [-0.3, -0.25) is 0 Å². The molecule has 0 aromatic carbocycles. The minimum absolute atomic E-state index is 0.290. The summed E-state index contributed by atoms with van der Waals surface area (Å²) in [6, 6.07) is 0. The molecule has 2 N–H and O–H groups in total. The maximum Gasteiger partial charge on any atom is 0.124 e. The second-order valence-electron chi connectivity index (χ2n) is 3.99. The van der Waals surface area contributed by atoms with Crippen molar-refractivity contribution in [3.05, 3.63) is 36.0 Å². The number of hydrogen-bond donors (Lipinski definition) is 2. The Morgan fingerprint density at radius 1 is 1.40 bits per heavy atom. The fourth-order valence-electron chi connectivity index (χ4n) is 1.06. The molecule has 0 spiro atoms. The molecule has 0 aromatic rings. The van der Waals surface area contributed by atoms with E-state index in [0.29, 0.717) is 4.99 Å². The van der Waals surface area contributed by atoms with Crippen LogP contribution in [0.5, 0.6) is 0 Å². The Labute approximate surface area is 94.9 Å². The van der Waals surface area contributed by atoms with Gasteiger partial charge in [0.15, 0.2) is 0 Å². The Bertz CT molecular complexity index is 354. The van der Waals surface area contributed by atoms with Crippen LogP contribution in [0.3, 0.4) is 0 Å². The minimum atomic E-state index is -0.389. The van der Waals surface area contributed by atoms with Gasteiger partial charge in [-0.2, -0.15) is 0 Å². The lowest BCUT2D eigenvalue weighted by atomic mass is 10.1. The van der Waals surface area contributed by atoms with Gasteiger partial charge in [-0.1, -0.05) is 12.2 Å². The number of thiocarbonyl (C=S) groups is 1. The monoisotopic (exact) mass is 226 g/mol. The zero-order valence-corrected chi connectivity index (χ0v) is 9.91. The van der Waals surface area contributed by atoms with Crippen molar-refractivity contribution in [2.45, 2.75) is 26.3 Å². The minimum Gasteiger partial charge on any atom is -0.380 e. The fourth-order valence-corrected chi connectivity index (χ4v) is 1.18. The first-order chi connectivity index (χ1) is 6.92. The van der Waals surface area contributed by atoms with E-state index in [1.807, 2.05) is 20.8 Å². The molecular weight excluding hydrogens is 211 g/mol. The van der Waals surface area contributed by atoms with Crippen molar-refractivity contribution < 1.29 is 4.39 Å². The van der Waals surface area contributed by atoms with Crippen LogP contribution in [-0.2, 0) is 0 Å². The molecule has 1 aliphatic heterocycles. The molecule has 0 aliphatic carbocycles. The third-order valence-electron chi connectivity index (χ3n) is 2.05. The van der Waals surface area contributed by atoms with Crippen molar-refractivity contribution in [3.63, 3.8) is 0 Å². The van der Waals surface area contributed by atoms with Gasteiger partial charge in [-0.05, 0) is 38.5 Å². The molecule has 0 saturated heterocycles. The zero-order chi connectivity index (χ0) is 11.5. The van der Waals surface area contributed by atoms with Gasteiger partial charge in [0.25, 0.3) is 0 Å². The smallest absolute Gasteiger partial charge is 0.124 e. The Morgan fingerprint density at radius 3 is 2.73 bits per heavy atom. The predicted molar refractivity (Wildman–Crippen MR) is 65.0 cm³/mol. The molecule has 0 unspecified atom stereocenters. The number of nitrogens with one attached hydrogen (secondary N) is 2. The van der Waals surface area contributed by atoms with Crippen molar-refractivity contribution in [1.29, 1.82) is 0 Å². The molecule has 0 aromatic heterocycles. The van der Waals surface area contributed by atoms with Crippen molar-refractivity contribution >= 4 is 17.2 Å². The van der Waals surface area contributed by atoms with Crippen LogP contribution in [0.4, 0.5) is 4.39 Å². The molecule has 4 heteroatoms. The van der Waals surface area contributed by atoms with Crippen molar-refractivity contribution in [1.82, 2.24) is 10.6 Å². The third kappa shape index (κ3) is 3.47. The third-order valence-corrected chi connectivity index (χ3v) is 2.68. The quantitative estimate of drug-likeness (QED) is 0.621. The summed E-state index contributed by atoms with van der Waals surface area (Å²) in [4.78, 5) is 0.669. The fraction of sp³-hybridized carbons (Fsp3) is 0.364. The maximum absolute atomic E-state index is 13.2. The first-order valence-electron chi connectivity index (χ1n) is 4.71. The highest BCUT2D eigenvalue weighted by molar-refractivity contribution is 7.80. The van der Waals surface area contributed by atoms with Crippen LogP contribution in [0, 0.1) is 0 Å². The van der Waals surface area contributed by atoms with E-state index in [2.05, 4.69) is 10.6 Å². The van der Waals surface area contributed by atoms with Gasteiger partial charge in [-0.25, -0.2) is 4.39 Å². The van der Waals surface area contributed by atoms with Gasteiger partial charge >= 0.3 is 0 Å². The molecule has 82 valence electrons. The molecule has 0 fully saturated rings. The molecule has 1 heterocycles. The lowest BCUT2D eigenvalue weighted by Crippen LogP contribution is -2.48. The van der Waals surface area contributed by atoms with Crippen LogP contribution in [0.2, 0.25) is 0 Å². The summed E-state index contributed by atoms with van der Waals surface area (Å²) in [7, 11) is 0. The average molecular weight is 226 g/mol. The second kappa shape index (κ2) is 4.57. The lowest BCUT2D eigenvalue weighted by Gasteiger charge is -2.26. The summed E-state index contributed by atoms with van der Waals surface area (Å²) in [5, 5.41) is 6.00. The number of hydrogen-bond acceptors (Lipinski definition) is 2. The summed E-state index contributed by atoms with van der Waals surface area (Å²) in [5.41, 5.74) is 0.400. The molecule has 0 atom stereocenters. The predicted octanol–water partition coefficient (Wildman–Crippen LogP) is 2.56. The van der Waals surface area contributed by atoms with Crippen LogP contribution in [0.1, 0.15) is 20.8 Å². The summed E-state index contributed by atoms with van der Waals surface area (Å²) in [6.45, 7) is 5.67. The molecule has 0 saturated carbocycles. The van der Waals surface area contributed by atoms with Crippen LogP contribution < -0.4 is 10.6 Å².